The van der Waals surface area contributed by atoms with E-state index >= 15 is 0 Å². The van der Waals surface area contributed by atoms with Crippen LogP contribution in [0.1, 0.15) is 297 Å². The first kappa shape index (κ1) is 66.9. The third-order valence-corrected chi connectivity index (χ3v) is 12.9. The molecule has 6 heteroatoms. The molecular weight excluding hydrogens is 865 g/mol. The highest BCUT2D eigenvalue weighted by Gasteiger charge is 2.19. The third kappa shape index (κ3) is 55.8. The summed E-state index contributed by atoms with van der Waals surface area (Å²) >= 11 is 0. The highest BCUT2D eigenvalue weighted by atomic mass is 16.6. The zero-order valence-electron chi connectivity index (χ0n) is 46.3. The molecule has 0 aromatic heterocycles. The normalized spacial score (nSPS) is 12.6. The van der Waals surface area contributed by atoms with Crippen molar-refractivity contribution in [3.8, 4) is 0 Å². The number of hydrogen-bond acceptors (Lipinski definition) is 6. The van der Waals surface area contributed by atoms with Crippen molar-refractivity contribution in [2.24, 2.45) is 0 Å². The molecule has 0 aromatic rings. The number of allylic oxidation sites excluding steroid dienone is 12. The maximum Gasteiger partial charge on any atom is 0.306 e. The van der Waals surface area contributed by atoms with Gasteiger partial charge in [-0.05, 0) is 89.9 Å². The maximum atomic E-state index is 12.8. The highest BCUT2D eigenvalue weighted by Crippen LogP contribution is 2.16. The van der Waals surface area contributed by atoms with Gasteiger partial charge in [-0.1, -0.05) is 261 Å². The molecule has 0 heterocycles. The topological polar surface area (TPSA) is 78.9 Å². The molecule has 1 atom stereocenters. The van der Waals surface area contributed by atoms with E-state index in [4.69, 9.17) is 14.2 Å². The standard InChI is InChI=1S/C64H112O6/c1-4-7-10-13-16-19-22-25-28-31-32-34-36-39-42-45-48-51-54-57-63(66)69-60-61(59-68-62(65)56-53-50-47-44-41-38-35-30-27-24-21-18-15-12-9-6-3)70-64(67)58-55-52-49-46-43-40-37-33-29-26-23-20-17-14-11-8-5-2/h16-17,19-20,25-26,28-29,37,40,46,49,61H,4-15,18,21-24,27,30-36,38-39,41-45,47-48,50-60H2,1-3H3/b19-16-,20-17-,28-25-,29-26-,40-37-,49-46-/t61-/m1/s1. The van der Waals surface area contributed by atoms with Gasteiger partial charge in [0.05, 0.1) is 0 Å². The molecule has 0 aliphatic heterocycles. The fourth-order valence-electron chi connectivity index (χ4n) is 8.41. The summed E-state index contributed by atoms with van der Waals surface area (Å²) in [5.74, 6) is -0.945. The van der Waals surface area contributed by atoms with E-state index in [1.165, 1.54) is 180 Å². The second kappa shape index (κ2) is 58.4. The maximum absolute atomic E-state index is 12.8. The van der Waals surface area contributed by atoms with Crippen LogP contribution in [0.2, 0.25) is 0 Å². The lowest BCUT2D eigenvalue weighted by atomic mass is 10.0. The molecule has 0 aliphatic carbocycles. The van der Waals surface area contributed by atoms with Crippen molar-refractivity contribution < 1.29 is 28.6 Å². The molecule has 0 rings (SSSR count). The molecule has 0 saturated carbocycles. The summed E-state index contributed by atoms with van der Waals surface area (Å²) in [5.41, 5.74) is 0. The zero-order chi connectivity index (χ0) is 50.7. The van der Waals surface area contributed by atoms with Crippen molar-refractivity contribution in [3.05, 3.63) is 72.9 Å². The average molecular weight is 978 g/mol. The minimum atomic E-state index is -0.805. The van der Waals surface area contributed by atoms with Crippen LogP contribution in [-0.2, 0) is 28.6 Å². The van der Waals surface area contributed by atoms with Gasteiger partial charge in [-0.25, -0.2) is 0 Å². The third-order valence-electron chi connectivity index (χ3n) is 12.9. The van der Waals surface area contributed by atoms with Crippen LogP contribution < -0.4 is 0 Å². The number of unbranched alkanes of at least 4 members (excludes halogenated alkanes) is 31. The van der Waals surface area contributed by atoms with Crippen LogP contribution in [0.4, 0.5) is 0 Å². The van der Waals surface area contributed by atoms with E-state index in [1.54, 1.807) is 0 Å². The van der Waals surface area contributed by atoms with Crippen molar-refractivity contribution in [2.45, 2.75) is 303 Å². The van der Waals surface area contributed by atoms with Crippen LogP contribution in [-0.4, -0.2) is 37.2 Å². The number of carbonyl (C=O) groups is 3. The summed E-state index contributed by atoms with van der Waals surface area (Å²) in [6.07, 6.45) is 74.7. The van der Waals surface area contributed by atoms with E-state index in [-0.39, 0.29) is 37.5 Å². The molecule has 0 saturated heterocycles. The Morgan fingerprint density at radius 3 is 0.871 bits per heavy atom. The van der Waals surface area contributed by atoms with Gasteiger partial charge in [0.15, 0.2) is 6.10 Å². The zero-order valence-corrected chi connectivity index (χ0v) is 46.3. The van der Waals surface area contributed by atoms with E-state index < -0.39 is 6.10 Å². The Bertz CT molecular complexity index is 1310. The second-order valence-corrected chi connectivity index (χ2v) is 19.9. The fraction of sp³-hybridized carbons (Fsp3) is 0.766. The van der Waals surface area contributed by atoms with Crippen LogP contribution in [0, 0.1) is 0 Å². The van der Waals surface area contributed by atoms with Gasteiger partial charge in [-0.2, -0.15) is 0 Å². The Hall–Kier alpha value is -3.15. The van der Waals surface area contributed by atoms with Gasteiger partial charge >= 0.3 is 17.9 Å². The SMILES string of the molecule is CCCCC/C=C\C/C=C\C/C=C\C/C=C\CCCC(=O)O[C@@H](COC(=O)CCCCCCCCCCC/C=C\C/C=C\CCCCC)COC(=O)CCCCCCCCCCCCCCCCCC. The van der Waals surface area contributed by atoms with Gasteiger partial charge < -0.3 is 14.2 Å². The second-order valence-electron chi connectivity index (χ2n) is 19.9. The molecule has 6 nitrogen and oxygen atoms in total. The van der Waals surface area contributed by atoms with E-state index in [9.17, 15) is 14.4 Å². The van der Waals surface area contributed by atoms with Gasteiger partial charge in [0, 0.05) is 19.3 Å². The highest BCUT2D eigenvalue weighted by molar-refractivity contribution is 5.71. The van der Waals surface area contributed by atoms with E-state index in [0.29, 0.717) is 19.3 Å². The molecule has 0 fully saturated rings. The van der Waals surface area contributed by atoms with Crippen molar-refractivity contribution in [1.29, 1.82) is 0 Å². The van der Waals surface area contributed by atoms with Crippen LogP contribution >= 0.6 is 0 Å². The quantitative estimate of drug-likeness (QED) is 0.0261. The molecule has 0 spiro atoms. The van der Waals surface area contributed by atoms with Crippen LogP contribution in [0.5, 0.6) is 0 Å². The number of ether oxygens (including phenoxy) is 3. The van der Waals surface area contributed by atoms with Crippen LogP contribution in [0.15, 0.2) is 72.9 Å². The Labute approximate surface area is 433 Å². The first-order chi connectivity index (χ1) is 34.5. The Balaban J connectivity index is 4.44. The molecule has 0 aliphatic rings. The lowest BCUT2D eigenvalue weighted by Crippen LogP contribution is -2.30. The van der Waals surface area contributed by atoms with Crippen LogP contribution in [0.25, 0.3) is 0 Å². The fourth-order valence-corrected chi connectivity index (χ4v) is 8.41. The Morgan fingerprint density at radius 2 is 0.529 bits per heavy atom. The number of rotatable bonds is 54. The van der Waals surface area contributed by atoms with Gasteiger partial charge in [0.2, 0.25) is 0 Å². The Morgan fingerprint density at radius 1 is 0.286 bits per heavy atom. The number of hydrogen-bond donors (Lipinski definition) is 0. The largest absolute Gasteiger partial charge is 0.462 e. The molecular formula is C64H112O6. The van der Waals surface area contributed by atoms with Crippen molar-refractivity contribution in [2.75, 3.05) is 13.2 Å². The van der Waals surface area contributed by atoms with E-state index in [1.807, 2.05) is 0 Å². The summed E-state index contributed by atoms with van der Waals surface area (Å²) in [4.78, 5) is 38.2. The lowest BCUT2D eigenvalue weighted by molar-refractivity contribution is -0.167. The van der Waals surface area contributed by atoms with Gasteiger partial charge in [-0.3, -0.25) is 14.4 Å². The summed E-state index contributed by atoms with van der Waals surface area (Å²) in [6, 6.07) is 0. The van der Waals surface area contributed by atoms with E-state index in [2.05, 4.69) is 93.7 Å². The molecule has 0 unspecified atom stereocenters. The van der Waals surface area contributed by atoms with Gasteiger partial charge in [-0.15, -0.1) is 0 Å². The van der Waals surface area contributed by atoms with Crippen molar-refractivity contribution >= 4 is 17.9 Å². The minimum Gasteiger partial charge on any atom is -0.462 e. The molecule has 0 bridgehead atoms. The molecule has 404 valence electrons. The predicted octanol–water partition coefficient (Wildman–Crippen LogP) is 20.2. The van der Waals surface area contributed by atoms with Gasteiger partial charge in [0.25, 0.3) is 0 Å². The average Bonchev–Trinajstić information content (AvgIpc) is 3.36. The summed E-state index contributed by atoms with van der Waals surface area (Å²) in [7, 11) is 0. The number of carbonyl (C=O) groups excluding carboxylic acids is 3. The molecule has 70 heavy (non-hydrogen) atoms. The molecule has 0 N–H and O–H groups in total. The minimum absolute atomic E-state index is 0.0958. The first-order valence-electron chi connectivity index (χ1n) is 29.9. The lowest BCUT2D eigenvalue weighted by Gasteiger charge is -2.18. The van der Waals surface area contributed by atoms with Crippen LogP contribution in [0.3, 0.4) is 0 Å². The van der Waals surface area contributed by atoms with Gasteiger partial charge in [0.1, 0.15) is 13.2 Å². The molecule has 0 radical (unpaired) electrons. The van der Waals surface area contributed by atoms with Crippen molar-refractivity contribution in [1.82, 2.24) is 0 Å². The first-order valence-corrected chi connectivity index (χ1v) is 29.9. The Kier molecular flexibility index (Phi) is 55.8. The monoisotopic (exact) mass is 977 g/mol. The summed E-state index contributed by atoms with van der Waals surface area (Å²) in [5, 5.41) is 0. The predicted molar refractivity (Wildman–Crippen MR) is 302 cm³/mol. The summed E-state index contributed by atoms with van der Waals surface area (Å²) in [6.45, 7) is 6.57. The van der Waals surface area contributed by atoms with Crippen molar-refractivity contribution in [3.63, 3.8) is 0 Å². The van der Waals surface area contributed by atoms with E-state index in [0.717, 1.165) is 70.6 Å². The number of esters is 3. The smallest absolute Gasteiger partial charge is 0.306 e. The summed E-state index contributed by atoms with van der Waals surface area (Å²) < 4.78 is 16.8. The molecule has 0 aromatic carbocycles. The molecule has 0 amide bonds.